The zero-order chi connectivity index (χ0) is 28.1. The Labute approximate surface area is 243 Å². The molecular formula is C38H52O2. The van der Waals surface area contributed by atoms with E-state index >= 15 is 0 Å². The lowest BCUT2D eigenvalue weighted by Crippen LogP contribution is -2.62. The van der Waals surface area contributed by atoms with Gasteiger partial charge in [-0.15, -0.1) is 0 Å². The average Bonchev–Trinajstić information content (AvgIpc) is 3.32. The Balaban J connectivity index is 1.26. The molecule has 0 bridgehead atoms. The number of aliphatic hydroxyl groups is 2. The zero-order valence-electron chi connectivity index (χ0n) is 25.3. The highest BCUT2D eigenvalue weighted by Gasteiger charge is 2.64. The number of aliphatic hydroxyl groups excluding tert-OH is 2. The van der Waals surface area contributed by atoms with Gasteiger partial charge < -0.3 is 10.2 Å². The van der Waals surface area contributed by atoms with E-state index in [9.17, 15) is 10.2 Å². The summed E-state index contributed by atoms with van der Waals surface area (Å²) in [7, 11) is 0. The van der Waals surface area contributed by atoms with Crippen LogP contribution in [0.2, 0.25) is 0 Å². The molecule has 0 aromatic heterocycles. The number of allylic oxidation sites excluding steroid dienone is 1. The van der Waals surface area contributed by atoms with Crippen molar-refractivity contribution in [2.24, 2.45) is 52.3 Å². The van der Waals surface area contributed by atoms with Crippen LogP contribution in [-0.2, 0) is 0 Å². The van der Waals surface area contributed by atoms with Crippen molar-refractivity contribution in [2.75, 3.05) is 0 Å². The fourth-order valence-electron chi connectivity index (χ4n) is 11.0. The van der Waals surface area contributed by atoms with E-state index in [4.69, 9.17) is 0 Å². The van der Waals surface area contributed by atoms with Crippen molar-refractivity contribution < 1.29 is 10.2 Å². The van der Waals surface area contributed by atoms with Crippen LogP contribution < -0.4 is 0 Å². The topological polar surface area (TPSA) is 40.5 Å². The molecule has 0 radical (unpaired) electrons. The van der Waals surface area contributed by atoms with Crippen LogP contribution in [0.3, 0.4) is 0 Å². The van der Waals surface area contributed by atoms with Crippen LogP contribution in [0.4, 0.5) is 0 Å². The van der Waals surface area contributed by atoms with E-state index < -0.39 is 0 Å². The Morgan fingerprint density at radius 2 is 1.43 bits per heavy atom. The van der Waals surface area contributed by atoms with Crippen molar-refractivity contribution in [3.63, 3.8) is 0 Å². The van der Waals surface area contributed by atoms with Crippen LogP contribution >= 0.6 is 0 Å². The fourth-order valence-corrected chi connectivity index (χ4v) is 11.0. The molecule has 40 heavy (non-hydrogen) atoms. The molecular weight excluding hydrogens is 488 g/mol. The van der Waals surface area contributed by atoms with E-state index in [0.717, 1.165) is 32.1 Å². The van der Waals surface area contributed by atoms with Gasteiger partial charge in [0.1, 0.15) is 0 Å². The first-order valence-electron chi connectivity index (χ1n) is 16.4. The number of hydrogen-bond donors (Lipinski definition) is 2. The quantitative estimate of drug-likeness (QED) is 0.384. The SMILES string of the molecule is CC[C@H]1[C@@H](O)[C@@H]2[C@H](CC[C@]3(C)[C@@H]([C@H](C)CC=C(c4ccccc4)c4ccccc4)CC[C@@H]23)[C@@]2(C)CC[C@@H](O)C[C@@H]12. The Kier molecular flexibility index (Phi) is 7.81. The Bertz CT molecular complexity index is 1130. The summed E-state index contributed by atoms with van der Waals surface area (Å²) in [5.41, 5.74) is 4.53. The summed E-state index contributed by atoms with van der Waals surface area (Å²) in [6.45, 7) is 9.93. The third-order valence-electron chi connectivity index (χ3n) is 13.0. The van der Waals surface area contributed by atoms with Gasteiger partial charge >= 0.3 is 0 Å². The standard InChI is InChI=1S/C38H52O2/c1-5-29-34-24-28(39)20-22-38(34,4)33-21-23-37(3)31(18-19-32(37)35(33)36(29)40)25(2)16-17-30(26-12-8-6-9-13-26)27-14-10-7-11-15-27/h6-15,17,25,28-29,31-36,39-40H,5,16,18-24H2,1-4H3/t25-,28-,29-,31-,32+,33+,34+,35+,36-,37-,38-/m1/s1. The first-order valence-corrected chi connectivity index (χ1v) is 16.4. The first-order chi connectivity index (χ1) is 19.3. The highest BCUT2D eigenvalue weighted by Crippen LogP contribution is 2.69. The minimum absolute atomic E-state index is 0.175. The average molecular weight is 541 g/mol. The molecule has 2 aromatic rings. The van der Waals surface area contributed by atoms with Gasteiger partial charge in [0.05, 0.1) is 12.2 Å². The second-order valence-corrected chi connectivity index (χ2v) is 14.7. The monoisotopic (exact) mass is 540 g/mol. The molecule has 2 N–H and O–H groups in total. The second-order valence-electron chi connectivity index (χ2n) is 14.7. The van der Waals surface area contributed by atoms with Crippen molar-refractivity contribution in [3.05, 3.63) is 77.9 Å². The zero-order valence-corrected chi connectivity index (χ0v) is 25.3. The first kappa shape index (κ1) is 28.2. The molecule has 2 aromatic carbocycles. The Hall–Kier alpha value is -1.90. The Morgan fingerprint density at radius 3 is 2.05 bits per heavy atom. The molecule has 4 aliphatic rings. The maximum atomic E-state index is 12.0. The van der Waals surface area contributed by atoms with Crippen LogP contribution in [0.5, 0.6) is 0 Å². The van der Waals surface area contributed by atoms with Gasteiger partial charge in [0, 0.05) is 0 Å². The summed E-state index contributed by atoms with van der Waals surface area (Å²) < 4.78 is 0. The molecule has 4 saturated carbocycles. The molecule has 0 aliphatic heterocycles. The lowest BCUT2D eigenvalue weighted by molar-refractivity contribution is -0.203. The summed E-state index contributed by atoms with van der Waals surface area (Å²) in [5.74, 6) is 3.78. The lowest BCUT2D eigenvalue weighted by Gasteiger charge is -2.64. The normalized spacial score (nSPS) is 41.4. The van der Waals surface area contributed by atoms with E-state index in [1.807, 2.05) is 0 Å². The molecule has 11 atom stereocenters. The number of hydrogen-bond acceptors (Lipinski definition) is 2. The van der Waals surface area contributed by atoms with Crippen molar-refractivity contribution in [1.29, 1.82) is 0 Å². The van der Waals surface area contributed by atoms with E-state index in [-0.39, 0.29) is 17.6 Å². The van der Waals surface area contributed by atoms with Crippen LogP contribution in [0.1, 0.15) is 96.6 Å². The van der Waals surface area contributed by atoms with Crippen LogP contribution in [0.25, 0.3) is 5.57 Å². The second kappa shape index (κ2) is 11.1. The van der Waals surface area contributed by atoms with Gasteiger partial charge in [0.2, 0.25) is 0 Å². The summed E-state index contributed by atoms with van der Waals surface area (Å²) in [4.78, 5) is 0. The molecule has 0 heterocycles. The molecule has 6 rings (SSSR count). The van der Waals surface area contributed by atoms with E-state index in [1.165, 1.54) is 42.4 Å². The summed E-state index contributed by atoms with van der Waals surface area (Å²) in [5, 5.41) is 22.6. The van der Waals surface area contributed by atoms with Gasteiger partial charge in [-0.2, -0.15) is 0 Å². The number of benzene rings is 2. The molecule has 0 saturated heterocycles. The molecule has 0 unspecified atom stereocenters. The third-order valence-corrected chi connectivity index (χ3v) is 13.0. The predicted molar refractivity (Wildman–Crippen MR) is 166 cm³/mol. The predicted octanol–water partition coefficient (Wildman–Crippen LogP) is 8.77. The molecule has 2 nitrogen and oxygen atoms in total. The molecule has 0 amide bonds. The van der Waals surface area contributed by atoms with Crippen molar-refractivity contribution in [1.82, 2.24) is 0 Å². The maximum absolute atomic E-state index is 12.0. The summed E-state index contributed by atoms with van der Waals surface area (Å²) in [6.07, 6.45) is 12.4. The Morgan fingerprint density at radius 1 is 0.825 bits per heavy atom. The van der Waals surface area contributed by atoms with Crippen LogP contribution in [-0.4, -0.2) is 22.4 Å². The van der Waals surface area contributed by atoms with Gasteiger partial charge in [-0.25, -0.2) is 0 Å². The minimum atomic E-state index is -0.209. The number of fused-ring (bicyclic) bond motifs is 5. The van der Waals surface area contributed by atoms with Crippen molar-refractivity contribution in [2.45, 2.75) is 97.7 Å². The molecule has 216 valence electrons. The molecule has 4 aliphatic carbocycles. The number of rotatable bonds is 6. The largest absolute Gasteiger partial charge is 0.393 e. The van der Waals surface area contributed by atoms with Gasteiger partial charge in [0.15, 0.2) is 0 Å². The van der Waals surface area contributed by atoms with E-state index in [0.29, 0.717) is 46.8 Å². The highest BCUT2D eigenvalue weighted by molar-refractivity contribution is 5.79. The highest BCUT2D eigenvalue weighted by atomic mass is 16.3. The smallest absolute Gasteiger partial charge is 0.0605 e. The molecule has 0 spiro atoms. The van der Waals surface area contributed by atoms with Gasteiger partial charge in [0.25, 0.3) is 0 Å². The van der Waals surface area contributed by atoms with Crippen molar-refractivity contribution >= 4 is 5.57 Å². The third kappa shape index (κ3) is 4.62. The van der Waals surface area contributed by atoms with Gasteiger partial charge in [-0.1, -0.05) is 101 Å². The van der Waals surface area contributed by atoms with Crippen LogP contribution in [0.15, 0.2) is 66.7 Å². The van der Waals surface area contributed by atoms with Crippen molar-refractivity contribution in [3.8, 4) is 0 Å². The van der Waals surface area contributed by atoms with E-state index in [1.54, 1.807) is 0 Å². The minimum Gasteiger partial charge on any atom is -0.393 e. The maximum Gasteiger partial charge on any atom is 0.0605 e. The molecule has 2 heteroatoms. The van der Waals surface area contributed by atoms with Gasteiger partial charge in [-0.3, -0.25) is 0 Å². The summed E-state index contributed by atoms with van der Waals surface area (Å²) in [6, 6.07) is 21.8. The van der Waals surface area contributed by atoms with Crippen LogP contribution in [0, 0.1) is 52.3 Å². The van der Waals surface area contributed by atoms with E-state index in [2.05, 4.69) is 94.4 Å². The molecule has 4 fully saturated rings. The lowest BCUT2D eigenvalue weighted by atomic mass is 9.41. The summed E-state index contributed by atoms with van der Waals surface area (Å²) >= 11 is 0. The van der Waals surface area contributed by atoms with Gasteiger partial charge in [-0.05, 0) is 120 Å². The fraction of sp³-hybridized carbons (Fsp3) is 0.632.